The molecule has 0 heterocycles. The van der Waals surface area contributed by atoms with Gasteiger partial charge in [0.05, 0.1) is 6.61 Å². The number of nitrogens with one attached hydrogen (secondary N) is 1. The molecule has 5 heteroatoms. The topological polar surface area (TPSA) is 79.9 Å². The smallest absolute Gasteiger partial charge is 0.144 e. The summed E-state index contributed by atoms with van der Waals surface area (Å²) in [7, 11) is 1.67. The van der Waals surface area contributed by atoms with Gasteiger partial charge in [-0.15, -0.1) is 0 Å². The molecule has 0 unspecified atom stereocenters. The third kappa shape index (κ3) is 5.04. The van der Waals surface area contributed by atoms with Gasteiger partial charge in [0.2, 0.25) is 0 Å². The number of nitrogens with zero attached hydrogens (tertiary/aromatic N) is 1. The van der Waals surface area contributed by atoms with Gasteiger partial charge in [0.25, 0.3) is 0 Å². The summed E-state index contributed by atoms with van der Waals surface area (Å²) in [6.45, 7) is 6.24. The third-order valence-corrected chi connectivity index (χ3v) is 2.21. The number of oxime groups is 1. The van der Waals surface area contributed by atoms with E-state index in [4.69, 9.17) is 15.7 Å². The Hall–Kier alpha value is -0.810. The summed E-state index contributed by atoms with van der Waals surface area (Å²) in [4.78, 5) is 0. The summed E-state index contributed by atoms with van der Waals surface area (Å²) in [5, 5.41) is 14.8. The monoisotopic (exact) mass is 203 g/mol. The highest BCUT2D eigenvalue weighted by molar-refractivity contribution is 5.85. The fourth-order valence-corrected chi connectivity index (χ4v) is 0.964. The highest BCUT2D eigenvalue weighted by Gasteiger charge is 2.22. The highest BCUT2D eigenvalue weighted by Crippen LogP contribution is 2.19. The summed E-state index contributed by atoms with van der Waals surface area (Å²) in [5.74, 6) is 0.269. The van der Waals surface area contributed by atoms with Crippen molar-refractivity contribution in [2.45, 2.75) is 20.3 Å². The van der Waals surface area contributed by atoms with E-state index < -0.39 is 0 Å². The Balaban J connectivity index is 3.66. The van der Waals surface area contributed by atoms with E-state index in [-0.39, 0.29) is 11.3 Å². The minimum absolute atomic E-state index is 0.269. The lowest BCUT2D eigenvalue weighted by Gasteiger charge is -2.22. The first kappa shape index (κ1) is 13.2. The van der Waals surface area contributed by atoms with Crippen molar-refractivity contribution in [1.29, 1.82) is 0 Å². The lowest BCUT2D eigenvalue weighted by Crippen LogP contribution is -2.35. The normalized spacial score (nSPS) is 13.2. The lowest BCUT2D eigenvalue weighted by atomic mass is 9.88. The van der Waals surface area contributed by atoms with Crippen LogP contribution in [0.2, 0.25) is 0 Å². The van der Waals surface area contributed by atoms with Crippen molar-refractivity contribution in [3.63, 3.8) is 0 Å². The van der Waals surface area contributed by atoms with E-state index in [2.05, 4.69) is 10.5 Å². The van der Waals surface area contributed by atoms with Gasteiger partial charge in [-0.05, 0) is 13.0 Å². The second-order valence-corrected chi connectivity index (χ2v) is 3.86. The molecule has 0 saturated heterocycles. The van der Waals surface area contributed by atoms with Gasteiger partial charge < -0.3 is 21.0 Å². The van der Waals surface area contributed by atoms with Crippen molar-refractivity contribution in [3.8, 4) is 0 Å². The molecule has 0 aliphatic heterocycles. The Bertz CT molecular complexity index is 181. The fraction of sp³-hybridized carbons (Fsp3) is 0.889. The molecule has 0 spiro atoms. The minimum Gasteiger partial charge on any atom is -0.409 e. The summed E-state index contributed by atoms with van der Waals surface area (Å²) in [5.41, 5.74) is 5.27. The molecule has 84 valence electrons. The summed E-state index contributed by atoms with van der Waals surface area (Å²) < 4.78 is 4.89. The van der Waals surface area contributed by atoms with Gasteiger partial charge in [-0.2, -0.15) is 0 Å². The van der Waals surface area contributed by atoms with Gasteiger partial charge >= 0.3 is 0 Å². The zero-order chi connectivity index (χ0) is 11.0. The number of hydrogen-bond acceptors (Lipinski definition) is 4. The van der Waals surface area contributed by atoms with Crippen molar-refractivity contribution < 1.29 is 9.94 Å². The SMILES string of the molecule is COCCNCCC(C)(C)C(N)=NO. The van der Waals surface area contributed by atoms with Gasteiger partial charge in [-0.3, -0.25) is 0 Å². The molecule has 0 rings (SSSR count). The first-order valence-corrected chi connectivity index (χ1v) is 4.72. The maximum atomic E-state index is 8.53. The average Bonchev–Trinajstić information content (AvgIpc) is 2.16. The van der Waals surface area contributed by atoms with E-state index in [1.165, 1.54) is 0 Å². The van der Waals surface area contributed by atoms with Crippen LogP contribution in [0, 0.1) is 5.41 Å². The summed E-state index contributed by atoms with van der Waals surface area (Å²) >= 11 is 0. The number of nitrogens with two attached hydrogens (primary N) is 1. The molecule has 0 aromatic heterocycles. The van der Waals surface area contributed by atoms with Gasteiger partial charge in [0, 0.05) is 19.1 Å². The molecule has 0 aromatic rings. The van der Waals surface area contributed by atoms with Crippen LogP contribution in [0.15, 0.2) is 5.16 Å². The second kappa shape index (κ2) is 6.62. The summed E-state index contributed by atoms with van der Waals surface area (Å²) in [6, 6.07) is 0. The van der Waals surface area contributed by atoms with Gasteiger partial charge in [0.15, 0.2) is 0 Å². The fourth-order valence-electron chi connectivity index (χ4n) is 0.964. The standard InChI is InChI=1S/C9H21N3O2/c1-9(2,8(10)12-13)4-5-11-6-7-14-3/h11,13H,4-7H2,1-3H3,(H2,10,12). The quantitative estimate of drug-likeness (QED) is 0.184. The first-order valence-electron chi connectivity index (χ1n) is 4.72. The van der Waals surface area contributed by atoms with Crippen molar-refractivity contribution in [1.82, 2.24) is 5.32 Å². The Labute approximate surface area is 85.3 Å². The molecular weight excluding hydrogens is 182 g/mol. The highest BCUT2D eigenvalue weighted by atomic mass is 16.5. The van der Waals surface area contributed by atoms with Gasteiger partial charge in [-0.1, -0.05) is 19.0 Å². The molecule has 0 atom stereocenters. The van der Waals surface area contributed by atoms with Crippen LogP contribution in [0.5, 0.6) is 0 Å². The van der Waals surface area contributed by atoms with Crippen LogP contribution in [0.3, 0.4) is 0 Å². The van der Waals surface area contributed by atoms with Crippen LogP contribution in [0.1, 0.15) is 20.3 Å². The van der Waals surface area contributed by atoms with Crippen LogP contribution in [0.4, 0.5) is 0 Å². The number of hydrogen-bond donors (Lipinski definition) is 3. The minimum atomic E-state index is -0.269. The second-order valence-electron chi connectivity index (χ2n) is 3.86. The van der Waals surface area contributed by atoms with Gasteiger partial charge in [-0.25, -0.2) is 0 Å². The Morgan fingerprint density at radius 2 is 2.14 bits per heavy atom. The predicted octanol–water partition coefficient (Wildman–Crippen LogP) is 0.385. The molecule has 0 radical (unpaired) electrons. The molecular formula is C9H21N3O2. The van der Waals surface area contributed by atoms with Crippen molar-refractivity contribution in [2.75, 3.05) is 26.8 Å². The van der Waals surface area contributed by atoms with Crippen LogP contribution in [-0.4, -0.2) is 37.8 Å². The first-order chi connectivity index (χ1) is 6.54. The Kier molecular flexibility index (Phi) is 6.23. The predicted molar refractivity (Wildman–Crippen MR) is 56.6 cm³/mol. The maximum Gasteiger partial charge on any atom is 0.144 e. The van der Waals surface area contributed by atoms with E-state index in [1.54, 1.807) is 7.11 Å². The van der Waals surface area contributed by atoms with Gasteiger partial charge in [0.1, 0.15) is 5.84 Å². The van der Waals surface area contributed by atoms with E-state index in [1.807, 2.05) is 13.8 Å². The lowest BCUT2D eigenvalue weighted by molar-refractivity contribution is 0.198. The molecule has 14 heavy (non-hydrogen) atoms. The Morgan fingerprint density at radius 3 is 2.64 bits per heavy atom. The molecule has 0 aliphatic rings. The molecule has 0 fully saturated rings. The number of ether oxygens (including phenoxy) is 1. The van der Waals surface area contributed by atoms with E-state index in [0.717, 1.165) is 19.5 Å². The van der Waals surface area contributed by atoms with Crippen LogP contribution >= 0.6 is 0 Å². The van der Waals surface area contributed by atoms with Crippen molar-refractivity contribution in [3.05, 3.63) is 0 Å². The van der Waals surface area contributed by atoms with Crippen molar-refractivity contribution in [2.24, 2.45) is 16.3 Å². The number of rotatable bonds is 7. The van der Waals surface area contributed by atoms with E-state index in [9.17, 15) is 0 Å². The Morgan fingerprint density at radius 1 is 1.50 bits per heavy atom. The summed E-state index contributed by atoms with van der Waals surface area (Å²) in [6.07, 6.45) is 0.826. The molecule has 5 nitrogen and oxygen atoms in total. The van der Waals surface area contributed by atoms with Crippen LogP contribution in [-0.2, 0) is 4.74 Å². The zero-order valence-electron chi connectivity index (χ0n) is 9.21. The van der Waals surface area contributed by atoms with Crippen molar-refractivity contribution >= 4 is 5.84 Å². The number of methoxy groups -OCH3 is 1. The largest absolute Gasteiger partial charge is 0.409 e. The van der Waals surface area contributed by atoms with E-state index in [0.29, 0.717) is 6.61 Å². The van der Waals surface area contributed by atoms with Crippen LogP contribution in [0.25, 0.3) is 0 Å². The molecule has 0 bridgehead atoms. The van der Waals surface area contributed by atoms with E-state index >= 15 is 0 Å². The third-order valence-electron chi connectivity index (χ3n) is 2.21. The molecule has 4 N–H and O–H groups in total. The molecule has 0 amide bonds. The maximum absolute atomic E-state index is 8.53. The zero-order valence-corrected chi connectivity index (χ0v) is 9.21. The molecule has 0 saturated carbocycles. The molecule has 0 aliphatic carbocycles. The number of amidine groups is 1. The van der Waals surface area contributed by atoms with Crippen LogP contribution < -0.4 is 11.1 Å². The average molecular weight is 203 g/mol. The molecule has 0 aromatic carbocycles.